The maximum absolute atomic E-state index is 11.1. The van der Waals surface area contributed by atoms with E-state index in [1.54, 1.807) is 19.1 Å². The van der Waals surface area contributed by atoms with Crippen molar-refractivity contribution in [2.24, 2.45) is 0 Å². The first-order chi connectivity index (χ1) is 8.06. The summed E-state index contributed by atoms with van der Waals surface area (Å²) in [6.07, 6.45) is 5.33. The molecule has 0 aliphatic rings. The Kier molecular flexibility index (Phi) is 2.45. The molecular weight excluding hydrogens is 216 g/mol. The highest BCUT2D eigenvalue weighted by Crippen LogP contribution is 2.26. The number of nitrogens with zero attached hydrogens (tertiary/aromatic N) is 1. The van der Waals surface area contributed by atoms with Crippen LogP contribution in [0.25, 0.3) is 10.9 Å². The van der Waals surface area contributed by atoms with Gasteiger partial charge in [-0.1, -0.05) is 18.1 Å². The van der Waals surface area contributed by atoms with Crippen LogP contribution in [0.4, 0.5) is 5.69 Å². The number of nitrogen functional groups attached to an aromatic ring is 1. The van der Waals surface area contributed by atoms with Crippen LogP contribution in [0, 0.1) is 19.3 Å². The Morgan fingerprint density at radius 1 is 1.53 bits per heavy atom. The van der Waals surface area contributed by atoms with Crippen molar-refractivity contribution in [2.45, 2.75) is 6.92 Å². The van der Waals surface area contributed by atoms with Crippen LogP contribution in [-0.2, 0) is 0 Å². The molecule has 0 atom stereocenters. The molecule has 1 aromatic carbocycles. The van der Waals surface area contributed by atoms with Crippen LogP contribution < -0.4 is 5.73 Å². The van der Waals surface area contributed by atoms with Crippen LogP contribution >= 0.6 is 0 Å². The van der Waals surface area contributed by atoms with Gasteiger partial charge in [0.1, 0.15) is 0 Å². The fourth-order valence-corrected chi connectivity index (χ4v) is 1.80. The quantitative estimate of drug-likeness (QED) is 0.574. The van der Waals surface area contributed by atoms with Crippen LogP contribution in [-0.4, -0.2) is 16.1 Å². The SMILES string of the molecule is C#Cc1c(C(=O)O)nc2c(N)cccc2c1C. The smallest absolute Gasteiger partial charge is 0.355 e. The van der Waals surface area contributed by atoms with Crippen molar-refractivity contribution in [3.8, 4) is 12.3 Å². The molecule has 2 rings (SSSR count). The normalized spacial score (nSPS) is 10.1. The molecule has 0 saturated heterocycles. The molecule has 1 heterocycles. The number of terminal acetylenes is 1. The lowest BCUT2D eigenvalue weighted by molar-refractivity contribution is 0.0690. The summed E-state index contributed by atoms with van der Waals surface area (Å²) < 4.78 is 0. The summed E-state index contributed by atoms with van der Waals surface area (Å²) in [6.45, 7) is 1.77. The summed E-state index contributed by atoms with van der Waals surface area (Å²) in [7, 11) is 0. The number of hydrogen-bond acceptors (Lipinski definition) is 3. The Balaban J connectivity index is 3.00. The molecule has 0 bridgehead atoms. The van der Waals surface area contributed by atoms with Crippen LogP contribution in [0.1, 0.15) is 21.6 Å². The van der Waals surface area contributed by atoms with Crippen molar-refractivity contribution in [1.29, 1.82) is 0 Å². The van der Waals surface area contributed by atoms with E-state index in [0.717, 1.165) is 5.39 Å². The first-order valence-corrected chi connectivity index (χ1v) is 4.95. The third-order valence-electron chi connectivity index (χ3n) is 2.65. The molecule has 84 valence electrons. The molecule has 0 saturated carbocycles. The number of carbonyl (C=O) groups is 1. The molecule has 0 fully saturated rings. The highest BCUT2D eigenvalue weighted by Gasteiger charge is 2.16. The zero-order chi connectivity index (χ0) is 12.6. The number of hydrogen-bond donors (Lipinski definition) is 2. The summed E-state index contributed by atoms with van der Waals surface area (Å²) >= 11 is 0. The number of carboxylic acid groups (broad SMARTS) is 1. The molecule has 0 aliphatic carbocycles. The van der Waals surface area contributed by atoms with Crippen molar-refractivity contribution >= 4 is 22.6 Å². The van der Waals surface area contributed by atoms with Gasteiger partial charge in [0.25, 0.3) is 0 Å². The van der Waals surface area contributed by atoms with Gasteiger partial charge in [-0.2, -0.15) is 0 Å². The van der Waals surface area contributed by atoms with E-state index in [2.05, 4.69) is 10.9 Å². The van der Waals surface area contributed by atoms with E-state index in [9.17, 15) is 4.79 Å². The number of benzene rings is 1. The second-order valence-corrected chi connectivity index (χ2v) is 3.65. The minimum atomic E-state index is -1.15. The van der Waals surface area contributed by atoms with E-state index in [4.69, 9.17) is 17.3 Å². The fourth-order valence-electron chi connectivity index (χ4n) is 1.80. The van der Waals surface area contributed by atoms with Gasteiger partial charge in [0.2, 0.25) is 0 Å². The van der Waals surface area contributed by atoms with E-state index in [1.165, 1.54) is 0 Å². The van der Waals surface area contributed by atoms with Gasteiger partial charge in [0.05, 0.1) is 16.8 Å². The van der Waals surface area contributed by atoms with Gasteiger partial charge >= 0.3 is 5.97 Å². The number of rotatable bonds is 1. The monoisotopic (exact) mass is 226 g/mol. The van der Waals surface area contributed by atoms with Crippen LogP contribution in [0.2, 0.25) is 0 Å². The van der Waals surface area contributed by atoms with E-state index >= 15 is 0 Å². The zero-order valence-electron chi connectivity index (χ0n) is 9.19. The lowest BCUT2D eigenvalue weighted by Gasteiger charge is -2.09. The molecular formula is C13H10N2O2. The Morgan fingerprint density at radius 3 is 2.82 bits per heavy atom. The molecule has 17 heavy (non-hydrogen) atoms. The summed E-state index contributed by atoms with van der Waals surface area (Å²) in [6, 6.07) is 5.28. The van der Waals surface area contributed by atoms with Gasteiger partial charge in [0, 0.05) is 5.39 Å². The topological polar surface area (TPSA) is 76.2 Å². The fraction of sp³-hybridized carbons (Fsp3) is 0.0769. The minimum absolute atomic E-state index is 0.129. The summed E-state index contributed by atoms with van der Waals surface area (Å²) in [5.41, 5.74) is 7.58. The van der Waals surface area contributed by atoms with Gasteiger partial charge in [-0.15, -0.1) is 6.42 Å². The predicted octanol–water partition coefficient (Wildman–Crippen LogP) is 1.80. The molecule has 0 spiro atoms. The molecule has 4 nitrogen and oxygen atoms in total. The maximum Gasteiger partial charge on any atom is 0.355 e. The summed E-state index contributed by atoms with van der Waals surface area (Å²) in [5.74, 6) is 1.23. The molecule has 1 aromatic heterocycles. The zero-order valence-corrected chi connectivity index (χ0v) is 9.19. The molecule has 0 aliphatic heterocycles. The van der Waals surface area contributed by atoms with Crippen LogP contribution in [0.3, 0.4) is 0 Å². The third-order valence-corrected chi connectivity index (χ3v) is 2.65. The van der Waals surface area contributed by atoms with Crippen molar-refractivity contribution in [2.75, 3.05) is 5.73 Å². The first-order valence-electron chi connectivity index (χ1n) is 4.95. The average Bonchev–Trinajstić information content (AvgIpc) is 2.30. The van der Waals surface area contributed by atoms with Crippen molar-refractivity contribution in [3.63, 3.8) is 0 Å². The molecule has 2 aromatic rings. The highest BCUT2D eigenvalue weighted by molar-refractivity contribution is 5.98. The average molecular weight is 226 g/mol. The number of aryl methyl sites for hydroxylation is 1. The van der Waals surface area contributed by atoms with Gasteiger partial charge in [0.15, 0.2) is 5.69 Å². The van der Waals surface area contributed by atoms with Crippen molar-refractivity contribution < 1.29 is 9.90 Å². The van der Waals surface area contributed by atoms with Crippen molar-refractivity contribution in [1.82, 2.24) is 4.98 Å². The van der Waals surface area contributed by atoms with Crippen molar-refractivity contribution in [3.05, 3.63) is 35.0 Å². The number of pyridine rings is 1. The minimum Gasteiger partial charge on any atom is -0.476 e. The molecule has 3 N–H and O–H groups in total. The Bertz CT molecular complexity index is 669. The molecule has 4 heteroatoms. The molecule has 0 unspecified atom stereocenters. The number of para-hydroxylation sites is 1. The van der Waals surface area contributed by atoms with E-state index < -0.39 is 5.97 Å². The second kappa shape index (κ2) is 3.80. The number of anilines is 1. The first kappa shape index (κ1) is 11.0. The van der Waals surface area contributed by atoms with Gasteiger partial charge in [-0.3, -0.25) is 0 Å². The molecule has 0 amide bonds. The summed E-state index contributed by atoms with van der Waals surface area (Å²) in [5, 5.41) is 9.85. The Hall–Kier alpha value is -2.54. The highest BCUT2D eigenvalue weighted by atomic mass is 16.4. The van der Waals surface area contributed by atoms with Gasteiger partial charge in [-0.25, -0.2) is 9.78 Å². The number of aromatic nitrogens is 1. The molecule has 0 radical (unpaired) electrons. The van der Waals surface area contributed by atoms with E-state index in [0.29, 0.717) is 22.3 Å². The lowest BCUT2D eigenvalue weighted by Crippen LogP contribution is -2.07. The number of aromatic carboxylic acids is 1. The van der Waals surface area contributed by atoms with E-state index in [1.807, 2.05) is 6.07 Å². The standard InChI is InChI=1S/C13H10N2O2/c1-3-8-7(2)9-5-4-6-10(14)11(9)15-12(8)13(16)17/h1,4-6H,14H2,2H3,(H,16,17). The number of nitrogens with two attached hydrogens (primary N) is 1. The number of carboxylic acids is 1. The van der Waals surface area contributed by atoms with Crippen LogP contribution in [0.5, 0.6) is 0 Å². The number of fused-ring (bicyclic) bond motifs is 1. The van der Waals surface area contributed by atoms with Crippen LogP contribution in [0.15, 0.2) is 18.2 Å². The third kappa shape index (κ3) is 1.58. The largest absolute Gasteiger partial charge is 0.476 e. The Labute approximate surface area is 98.1 Å². The van der Waals surface area contributed by atoms with Gasteiger partial charge in [-0.05, 0) is 18.6 Å². The van der Waals surface area contributed by atoms with Gasteiger partial charge < -0.3 is 10.8 Å². The lowest BCUT2D eigenvalue weighted by atomic mass is 10.0. The van der Waals surface area contributed by atoms with E-state index in [-0.39, 0.29) is 5.69 Å². The maximum atomic E-state index is 11.1. The second-order valence-electron chi connectivity index (χ2n) is 3.65. The predicted molar refractivity (Wildman–Crippen MR) is 65.8 cm³/mol. The Morgan fingerprint density at radius 2 is 2.24 bits per heavy atom. The summed E-state index contributed by atoms with van der Waals surface area (Å²) in [4.78, 5) is 15.1.